The number of ether oxygens (including phenoxy) is 1. The first kappa shape index (κ1) is 27.6. The summed E-state index contributed by atoms with van der Waals surface area (Å²) >= 11 is 1.78. The number of benzene rings is 2. The topological polar surface area (TPSA) is 123 Å². The van der Waals surface area contributed by atoms with E-state index in [9.17, 15) is 9.50 Å². The standard InChI is InChI=1S/C26H29FN2O2S.C2H2O4/c1-16-10-22-23(28-16)4-3-5-24(22)31-15-21(30)14-29-9-8-18(11-17(29)2)26-13-19-12-20(27)6-7-25(19)32-26;3-1(4)2(5)6/h3-7,10,12-13,17-18,21,28,30H,8-9,11,14-15H2,1-2H3;(H,3,4)(H,5,6). The van der Waals surface area contributed by atoms with Gasteiger partial charge in [0.1, 0.15) is 24.3 Å². The van der Waals surface area contributed by atoms with Crippen LogP contribution >= 0.6 is 11.3 Å². The van der Waals surface area contributed by atoms with Gasteiger partial charge in [0, 0.05) is 38.8 Å². The molecule has 0 aliphatic carbocycles. The maximum atomic E-state index is 13.5. The van der Waals surface area contributed by atoms with Crippen molar-refractivity contribution in [3.05, 3.63) is 64.9 Å². The number of likely N-dealkylation sites (tertiary alicyclic amines) is 1. The molecule has 38 heavy (non-hydrogen) atoms. The second-order valence-electron chi connectivity index (χ2n) is 9.64. The maximum absolute atomic E-state index is 13.5. The Kier molecular flexibility index (Phi) is 8.65. The second kappa shape index (κ2) is 11.9. The molecule has 0 spiro atoms. The van der Waals surface area contributed by atoms with Gasteiger partial charge in [0.2, 0.25) is 0 Å². The Bertz CT molecular complexity index is 1420. The van der Waals surface area contributed by atoms with Gasteiger partial charge in [-0.05, 0) is 87.0 Å². The zero-order valence-corrected chi connectivity index (χ0v) is 22.0. The number of hydrogen-bond donors (Lipinski definition) is 4. The number of fused-ring (bicyclic) bond motifs is 2. The number of hydrogen-bond acceptors (Lipinski definition) is 6. The fourth-order valence-corrected chi connectivity index (χ4v) is 6.08. The summed E-state index contributed by atoms with van der Waals surface area (Å²) in [7, 11) is 0. The first-order chi connectivity index (χ1) is 18.1. The third-order valence-corrected chi connectivity index (χ3v) is 8.01. The Labute approximate surface area is 223 Å². The third kappa shape index (κ3) is 6.69. The summed E-state index contributed by atoms with van der Waals surface area (Å²) in [4.78, 5) is 25.2. The molecule has 1 aliphatic rings. The van der Waals surface area contributed by atoms with Gasteiger partial charge in [-0.1, -0.05) is 6.07 Å². The number of thiophene rings is 1. The smallest absolute Gasteiger partial charge is 0.414 e. The Hall–Kier alpha value is -3.47. The fraction of sp³-hybridized carbons (Fsp3) is 0.357. The van der Waals surface area contributed by atoms with Crippen LogP contribution in [-0.2, 0) is 9.59 Å². The molecule has 8 nitrogen and oxygen atoms in total. The number of rotatable bonds is 6. The van der Waals surface area contributed by atoms with E-state index in [-0.39, 0.29) is 12.4 Å². The average molecular weight is 543 g/mol. The minimum atomic E-state index is -1.82. The van der Waals surface area contributed by atoms with Crippen molar-refractivity contribution in [2.24, 2.45) is 0 Å². The van der Waals surface area contributed by atoms with E-state index in [1.54, 1.807) is 17.4 Å². The van der Waals surface area contributed by atoms with Crippen molar-refractivity contribution in [1.29, 1.82) is 0 Å². The van der Waals surface area contributed by atoms with E-state index >= 15 is 0 Å². The van der Waals surface area contributed by atoms with Gasteiger partial charge in [-0.15, -0.1) is 11.3 Å². The van der Waals surface area contributed by atoms with Crippen LogP contribution in [0.5, 0.6) is 5.75 Å². The number of carbonyl (C=O) groups is 2. The summed E-state index contributed by atoms with van der Waals surface area (Å²) in [5, 5.41) is 27.5. The molecule has 1 saturated heterocycles. The van der Waals surface area contributed by atoms with Crippen LogP contribution in [0.25, 0.3) is 21.0 Å². The lowest BCUT2D eigenvalue weighted by molar-refractivity contribution is -0.159. The van der Waals surface area contributed by atoms with E-state index in [0.29, 0.717) is 18.5 Å². The first-order valence-electron chi connectivity index (χ1n) is 12.4. The highest BCUT2D eigenvalue weighted by molar-refractivity contribution is 7.19. The van der Waals surface area contributed by atoms with Crippen molar-refractivity contribution >= 4 is 44.3 Å². The Morgan fingerprint density at radius 3 is 2.66 bits per heavy atom. The number of carboxylic acids is 2. The monoisotopic (exact) mass is 542 g/mol. The Balaban J connectivity index is 0.000000505. The highest BCUT2D eigenvalue weighted by atomic mass is 32.1. The summed E-state index contributed by atoms with van der Waals surface area (Å²) in [5.74, 6) is -2.53. The largest absolute Gasteiger partial charge is 0.490 e. The van der Waals surface area contributed by atoms with Gasteiger partial charge in [-0.3, -0.25) is 4.90 Å². The third-order valence-electron chi connectivity index (χ3n) is 6.73. The number of aliphatic carboxylic acids is 2. The predicted octanol–water partition coefficient (Wildman–Crippen LogP) is 4.99. The first-order valence-corrected chi connectivity index (χ1v) is 13.2. The van der Waals surface area contributed by atoms with Crippen molar-refractivity contribution in [2.75, 3.05) is 19.7 Å². The number of aryl methyl sites for hydroxylation is 1. The molecule has 3 atom stereocenters. The lowest BCUT2D eigenvalue weighted by Crippen LogP contribution is -2.45. The van der Waals surface area contributed by atoms with E-state index in [1.807, 2.05) is 31.2 Å². The molecule has 202 valence electrons. The molecule has 3 heterocycles. The lowest BCUT2D eigenvalue weighted by atomic mass is 9.90. The van der Waals surface area contributed by atoms with E-state index in [2.05, 4.69) is 28.9 Å². The van der Waals surface area contributed by atoms with Crippen LogP contribution in [-0.4, -0.2) is 69.0 Å². The van der Waals surface area contributed by atoms with Gasteiger partial charge < -0.3 is 25.0 Å². The van der Waals surface area contributed by atoms with Crippen molar-refractivity contribution in [3.8, 4) is 5.75 Å². The summed E-state index contributed by atoms with van der Waals surface area (Å²) in [6.07, 6.45) is 1.55. The zero-order chi connectivity index (χ0) is 27.4. The number of H-pyrrole nitrogens is 1. The molecule has 5 rings (SSSR count). The Morgan fingerprint density at radius 1 is 1.18 bits per heavy atom. The van der Waals surface area contributed by atoms with Crippen molar-refractivity contribution < 1.29 is 34.0 Å². The molecule has 2 aromatic heterocycles. The lowest BCUT2D eigenvalue weighted by Gasteiger charge is -2.38. The van der Waals surface area contributed by atoms with E-state index < -0.39 is 18.0 Å². The molecular weight excluding hydrogens is 511 g/mol. The van der Waals surface area contributed by atoms with Crippen molar-refractivity contribution in [1.82, 2.24) is 9.88 Å². The average Bonchev–Trinajstić information content (AvgIpc) is 3.46. The normalized spacial score (nSPS) is 18.6. The number of carboxylic acid groups (broad SMARTS) is 2. The molecule has 4 N–H and O–H groups in total. The molecule has 1 aliphatic heterocycles. The van der Waals surface area contributed by atoms with Crippen LogP contribution in [0.2, 0.25) is 0 Å². The molecule has 3 unspecified atom stereocenters. The molecule has 1 fully saturated rings. The van der Waals surface area contributed by atoms with Gasteiger partial charge >= 0.3 is 11.9 Å². The van der Waals surface area contributed by atoms with Crippen molar-refractivity contribution in [2.45, 2.75) is 44.8 Å². The molecule has 4 aromatic rings. The molecule has 0 radical (unpaired) electrons. The summed E-state index contributed by atoms with van der Waals surface area (Å²) in [5.41, 5.74) is 2.14. The van der Waals surface area contributed by atoms with Crippen LogP contribution in [0.15, 0.2) is 48.5 Å². The van der Waals surface area contributed by atoms with Crippen molar-refractivity contribution in [3.63, 3.8) is 0 Å². The van der Waals surface area contributed by atoms with E-state index in [1.165, 1.54) is 10.9 Å². The molecular formula is C28H31FN2O6S. The van der Waals surface area contributed by atoms with Crippen LogP contribution in [0.3, 0.4) is 0 Å². The number of β-amino-alcohol motifs (C(OH)–C–C–N with tert-alkyl or cyclic N) is 1. The molecule has 10 heteroatoms. The number of aliphatic hydroxyl groups is 1. The summed E-state index contributed by atoms with van der Waals surface area (Å²) in [6.45, 7) is 6.08. The predicted molar refractivity (Wildman–Crippen MR) is 145 cm³/mol. The SMILES string of the molecule is Cc1cc2c(OCC(O)CN3CCC(c4cc5cc(F)ccc5s4)CC3C)cccc2[nH]1.O=C(O)C(=O)O. The van der Waals surface area contributed by atoms with Gasteiger partial charge in [0.25, 0.3) is 0 Å². The minimum absolute atomic E-state index is 0.177. The fourth-order valence-electron chi connectivity index (χ4n) is 4.89. The summed E-state index contributed by atoms with van der Waals surface area (Å²) in [6, 6.07) is 15.6. The van der Waals surface area contributed by atoms with Crippen LogP contribution in [0.1, 0.15) is 36.3 Å². The highest BCUT2D eigenvalue weighted by Gasteiger charge is 2.29. The van der Waals surface area contributed by atoms with E-state index in [4.69, 9.17) is 24.5 Å². The molecule has 0 amide bonds. The molecule has 0 saturated carbocycles. The molecule has 0 bridgehead atoms. The summed E-state index contributed by atoms with van der Waals surface area (Å²) < 4.78 is 20.7. The number of aliphatic hydroxyl groups excluding tert-OH is 1. The Morgan fingerprint density at radius 2 is 1.95 bits per heavy atom. The number of halogens is 1. The number of aromatic amines is 1. The number of nitrogens with one attached hydrogen (secondary N) is 1. The van der Waals surface area contributed by atoms with Gasteiger partial charge in [-0.25, -0.2) is 14.0 Å². The minimum Gasteiger partial charge on any atom is -0.490 e. The van der Waals surface area contributed by atoms with Crippen LogP contribution in [0.4, 0.5) is 4.39 Å². The van der Waals surface area contributed by atoms with Gasteiger partial charge in [-0.2, -0.15) is 0 Å². The zero-order valence-electron chi connectivity index (χ0n) is 21.2. The van der Waals surface area contributed by atoms with Gasteiger partial charge in [0.05, 0.1) is 0 Å². The number of aromatic nitrogens is 1. The quantitative estimate of drug-likeness (QED) is 0.253. The number of nitrogens with zero attached hydrogens (tertiary/aromatic N) is 1. The molecule has 2 aromatic carbocycles. The van der Waals surface area contributed by atoms with Gasteiger partial charge in [0.15, 0.2) is 0 Å². The van der Waals surface area contributed by atoms with Crippen LogP contribution < -0.4 is 4.74 Å². The highest BCUT2D eigenvalue weighted by Crippen LogP contribution is 2.38. The van der Waals surface area contributed by atoms with Crippen LogP contribution in [0, 0.1) is 12.7 Å². The maximum Gasteiger partial charge on any atom is 0.414 e. The van der Waals surface area contributed by atoms with E-state index in [0.717, 1.165) is 51.8 Å². The second-order valence-corrected chi connectivity index (χ2v) is 10.8. The number of piperidine rings is 1.